The van der Waals surface area contributed by atoms with Crippen molar-refractivity contribution in [1.29, 1.82) is 0 Å². The zero-order valence-electron chi connectivity index (χ0n) is 18.2. The molecule has 0 radical (unpaired) electrons. The van der Waals surface area contributed by atoms with Crippen LogP contribution >= 0.6 is 22.6 Å². The number of anilines is 2. The Labute approximate surface area is 203 Å². The first-order valence-corrected chi connectivity index (χ1v) is 11.3. The van der Waals surface area contributed by atoms with Gasteiger partial charge in [0.05, 0.1) is 18.9 Å². The molecule has 0 saturated heterocycles. The smallest absolute Gasteiger partial charge is 0.341 e. The van der Waals surface area contributed by atoms with Gasteiger partial charge < -0.3 is 20.2 Å². The molecule has 12 heteroatoms. The summed E-state index contributed by atoms with van der Waals surface area (Å²) in [5.41, 5.74) is 4.28. The number of pyridine rings is 1. The van der Waals surface area contributed by atoms with Gasteiger partial charge in [-0.15, -0.1) is 10.2 Å². The molecule has 0 bridgehead atoms. The maximum absolute atomic E-state index is 14.5. The Morgan fingerprint density at radius 2 is 2.09 bits per heavy atom. The molecule has 0 atom stereocenters. The van der Waals surface area contributed by atoms with Crippen LogP contribution in [0.25, 0.3) is 5.65 Å². The number of esters is 1. The van der Waals surface area contributed by atoms with Crippen LogP contribution in [-0.4, -0.2) is 46.7 Å². The van der Waals surface area contributed by atoms with E-state index in [2.05, 4.69) is 26.3 Å². The van der Waals surface area contributed by atoms with Crippen LogP contribution in [0, 0.1) is 9.39 Å². The summed E-state index contributed by atoms with van der Waals surface area (Å²) in [5, 5.41) is 13.6. The Morgan fingerprint density at radius 1 is 1.27 bits per heavy atom. The molecule has 33 heavy (non-hydrogen) atoms. The molecule has 3 aromatic rings. The van der Waals surface area contributed by atoms with Crippen LogP contribution in [0.4, 0.5) is 15.9 Å². The lowest BCUT2D eigenvalue weighted by atomic mass is 10.1. The Kier molecular flexibility index (Phi) is 8.91. The molecule has 2 aromatic heterocycles. The Bertz CT molecular complexity index is 1140. The van der Waals surface area contributed by atoms with Gasteiger partial charge in [-0.2, -0.15) is 5.48 Å². The van der Waals surface area contributed by atoms with E-state index in [9.17, 15) is 14.0 Å². The molecule has 0 unspecified atom stereocenters. The summed E-state index contributed by atoms with van der Waals surface area (Å²) in [4.78, 5) is 29.4. The second-order valence-corrected chi connectivity index (χ2v) is 8.12. The highest BCUT2D eigenvalue weighted by molar-refractivity contribution is 14.1. The van der Waals surface area contributed by atoms with Crippen molar-refractivity contribution < 1.29 is 23.6 Å². The number of aromatic nitrogens is 3. The first kappa shape index (κ1) is 24.8. The van der Waals surface area contributed by atoms with E-state index in [4.69, 9.17) is 9.57 Å². The number of benzene rings is 1. The minimum atomic E-state index is -0.575. The number of halogens is 2. The van der Waals surface area contributed by atoms with Gasteiger partial charge >= 0.3 is 5.97 Å². The second kappa shape index (κ2) is 11.9. The molecule has 0 aliphatic heterocycles. The average Bonchev–Trinajstić information content (AvgIpc) is 3.29. The lowest BCUT2D eigenvalue weighted by molar-refractivity contribution is -0.121. The highest BCUT2D eigenvalue weighted by atomic mass is 127. The molecule has 0 spiro atoms. The number of rotatable bonds is 11. The third kappa shape index (κ3) is 6.36. The van der Waals surface area contributed by atoms with Gasteiger partial charge in [0, 0.05) is 29.1 Å². The van der Waals surface area contributed by atoms with Crippen LogP contribution in [0.5, 0.6) is 0 Å². The number of hydrogen-bond acceptors (Lipinski definition) is 8. The summed E-state index contributed by atoms with van der Waals surface area (Å²) >= 11 is 2.02. The number of hydroxylamine groups is 1. The summed E-state index contributed by atoms with van der Waals surface area (Å²) in [5.74, 6) is -0.817. The van der Waals surface area contributed by atoms with Gasteiger partial charge in [0.15, 0.2) is 5.65 Å². The predicted molar refractivity (Wildman–Crippen MR) is 127 cm³/mol. The quantitative estimate of drug-likeness (QED) is 0.140. The number of amides is 1. The van der Waals surface area contributed by atoms with Crippen molar-refractivity contribution in [3.05, 3.63) is 51.1 Å². The fraction of sp³-hybridized carbons (Fsp3) is 0.333. The normalized spacial score (nSPS) is 10.9. The van der Waals surface area contributed by atoms with Gasteiger partial charge in [-0.05, 0) is 60.2 Å². The predicted octanol–water partition coefficient (Wildman–Crippen LogP) is 2.94. The van der Waals surface area contributed by atoms with Gasteiger partial charge in [-0.3, -0.25) is 9.20 Å². The van der Waals surface area contributed by atoms with Crippen molar-refractivity contribution >= 4 is 51.6 Å². The van der Waals surface area contributed by atoms with E-state index < -0.39 is 11.8 Å². The molecule has 0 aliphatic carbocycles. The number of hydrogen-bond donors (Lipinski definition) is 3. The molecule has 0 aliphatic rings. The molecule has 2 heterocycles. The second-order valence-electron chi connectivity index (χ2n) is 6.87. The minimum absolute atomic E-state index is 0.0597. The highest BCUT2D eigenvalue weighted by Gasteiger charge is 2.21. The van der Waals surface area contributed by atoms with Crippen LogP contribution in [0.2, 0.25) is 0 Å². The number of ether oxygens (including phenoxy) is 1. The summed E-state index contributed by atoms with van der Waals surface area (Å²) in [7, 11) is 1.58. The van der Waals surface area contributed by atoms with E-state index in [0.29, 0.717) is 30.7 Å². The van der Waals surface area contributed by atoms with Gasteiger partial charge in [0.1, 0.15) is 23.5 Å². The molecular formula is C21H24FIN6O4. The molecule has 0 saturated carbocycles. The summed E-state index contributed by atoms with van der Waals surface area (Å²) in [6.07, 6.45) is 2.33. The molecule has 3 rings (SSSR count). The SMILES string of the molecule is CCOC(=O)c1cc(CNOCCCC(=O)NC)c2nncn2c1Nc1ccc(I)cc1F. The van der Waals surface area contributed by atoms with Gasteiger partial charge in [-0.1, -0.05) is 0 Å². The van der Waals surface area contributed by atoms with Crippen molar-refractivity contribution in [2.75, 3.05) is 25.6 Å². The van der Waals surface area contributed by atoms with Gasteiger partial charge in [0.2, 0.25) is 5.91 Å². The number of nitrogens with one attached hydrogen (secondary N) is 3. The number of fused-ring (bicyclic) bond motifs is 1. The first-order valence-electron chi connectivity index (χ1n) is 10.2. The largest absolute Gasteiger partial charge is 0.462 e. The fourth-order valence-electron chi connectivity index (χ4n) is 3.03. The highest BCUT2D eigenvalue weighted by Crippen LogP contribution is 2.28. The van der Waals surface area contributed by atoms with Crippen LogP contribution < -0.4 is 16.1 Å². The Balaban J connectivity index is 1.85. The summed E-state index contributed by atoms with van der Waals surface area (Å²) < 4.78 is 22.0. The summed E-state index contributed by atoms with van der Waals surface area (Å²) in [6, 6.07) is 6.33. The maximum atomic E-state index is 14.5. The fourth-order valence-corrected chi connectivity index (χ4v) is 3.48. The zero-order valence-corrected chi connectivity index (χ0v) is 20.3. The molecular weight excluding hydrogens is 546 g/mol. The average molecular weight is 570 g/mol. The minimum Gasteiger partial charge on any atom is -0.462 e. The number of carbonyl (C=O) groups is 2. The number of nitrogens with zero attached hydrogens (tertiary/aromatic N) is 3. The van der Waals surface area contributed by atoms with Crippen molar-refractivity contribution in [3.8, 4) is 0 Å². The van der Waals surface area contributed by atoms with E-state index in [0.717, 1.165) is 3.57 Å². The van der Waals surface area contributed by atoms with E-state index in [1.54, 1.807) is 36.6 Å². The maximum Gasteiger partial charge on any atom is 0.341 e. The van der Waals surface area contributed by atoms with E-state index in [1.165, 1.54) is 12.4 Å². The lowest BCUT2D eigenvalue weighted by Crippen LogP contribution is -2.20. The Morgan fingerprint density at radius 3 is 2.82 bits per heavy atom. The topological polar surface area (TPSA) is 119 Å². The zero-order chi connectivity index (χ0) is 23.8. The van der Waals surface area contributed by atoms with Crippen molar-refractivity contribution in [2.24, 2.45) is 0 Å². The van der Waals surface area contributed by atoms with E-state index in [1.807, 2.05) is 22.6 Å². The third-order valence-electron chi connectivity index (χ3n) is 4.62. The molecule has 3 N–H and O–H groups in total. The summed E-state index contributed by atoms with van der Waals surface area (Å²) in [6.45, 7) is 2.42. The van der Waals surface area contributed by atoms with E-state index in [-0.39, 0.29) is 36.1 Å². The van der Waals surface area contributed by atoms with Crippen LogP contribution in [-0.2, 0) is 20.9 Å². The lowest BCUT2D eigenvalue weighted by Gasteiger charge is -2.16. The molecule has 1 amide bonds. The van der Waals surface area contributed by atoms with Crippen LogP contribution in [0.15, 0.2) is 30.6 Å². The first-order chi connectivity index (χ1) is 15.9. The van der Waals surface area contributed by atoms with E-state index >= 15 is 0 Å². The Hall–Kier alpha value is -2.84. The van der Waals surface area contributed by atoms with Crippen LogP contribution in [0.3, 0.4) is 0 Å². The van der Waals surface area contributed by atoms with Crippen molar-refractivity contribution in [3.63, 3.8) is 0 Å². The van der Waals surface area contributed by atoms with Crippen LogP contribution in [0.1, 0.15) is 35.7 Å². The molecule has 176 valence electrons. The molecule has 0 fully saturated rings. The van der Waals surface area contributed by atoms with Crippen molar-refractivity contribution in [2.45, 2.75) is 26.3 Å². The molecule has 10 nitrogen and oxygen atoms in total. The van der Waals surface area contributed by atoms with Gasteiger partial charge in [-0.25, -0.2) is 9.18 Å². The van der Waals surface area contributed by atoms with Crippen molar-refractivity contribution in [1.82, 2.24) is 25.4 Å². The molecule has 1 aromatic carbocycles. The third-order valence-corrected chi connectivity index (χ3v) is 5.29. The number of carbonyl (C=O) groups excluding carboxylic acids is 2. The monoisotopic (exact) mass is 570 g/mol. The standard InChI is InChI=1S/C21H24FIN6O4/c1-3-32-21(31)15-9-13(11-26-33-8-4-5-18(30)24-2)19-28-25-12-29(19)20(15)27-17-7-6-14(23)10-16(17)22/h6-7,9-10,12,26-27H,3-5,8,11H2,1-2H3,(H,24,30). The van der Waals surface area contributed by atoms with Gasteiger partial charge in [0.25, 0.3) is 0 Å².